The number of carbonyl (C=O) groups is 3. The number of halogens is 1. The molecule has 2 aromatic rings. The van der Waals surface area contributed by atoms with Crippen molar-refractivity contribution in [3.63, 3.8) is 0 Å². The van der Waals surface area contributed by atoms with Crippen LogP contribution in [0.25, 0.3) is 0 Å². The second kappa shape index (κ2) is 12.1. The van der Waals surface area contributed by atoms with Gasteiger partial charge in [0.05, 0.1) is 27.7 Å². The summed E-state index contributed by atoms with van der Waals surface area (Å²) in [4.78, 5) is 44.3. The maximum absolute atomic E-state index is 14.0. The minimum Gasteiger partial charge on any atom is -0.464 e. The van der Waals surface area contributed by atoms with Crippen LogP contribution in [0.15, 0.2) is 41.3 Å². The number of hydrogen-bond acceptors (Lipinski definition) is 9. The van der Waals surface area contributed by atoms with Crippen molar-refractivity contribution in [2.24, 2.45) is 0 Å². The Balaban J connectivity index is 2.19. The molecular weight excluding hydrogens is 642 g/mol. The van der Waals surface area contributed by atoms with Crippen molar-refractivity contribution in [3.8, 4) is 0 Å². The van der Waals surface area contributed by atoms with Crippen LogP contribution in [-0.2, 0) is 34.4 Å². The molecule has 0 bridgehead atoms. The number of rotatable bonds is 5. The zero-order valence-corrected chi connectivity index (χ0v) is 28.6. The molecule has 2 unspecified atom stereocenters. The molecule has 236 valence electrons. The van der Waals surface area contributed by atoms with Gasteiger partial charge >= 0.3 is 18.2 Å². The SMILES string of the molecule is CCOC(=O)C1C(Br)c2nc(N(C(=O)OC(C)(C)C)S(=O)(=O)c3ccc(C(C)(C)C)cc3)ccc2N1C(=O)OC(C)(C)C. The number of aromatic nitrogens is 1. The number of benzene rings is 1. The number of hydrogen-bond donors (Lipinski definition) is 0. The van der Waals surface area contributed by atoms with Crippen LogP contribution < -0.4 is 9.21 Å². The van der Waals surface area contributed by atoms with Gasteiger partial charge in [-0.3, -0.25) is 4.90 Å². The third kappa shape index (κ3) is 7.67. The number of anilines is 2. The molecule has 0 aliphatic carbocycles. The van der Waals surface area contributed by atoms with Crippen molar-refractivity contribution in [1.29, 1.82) is 0 Å². The fraction of sp³-hybridized carbons (Fsp3) is 0.533. The fourth-order valence-electron chi connectivity index (χ4n) is 4.23. The van der Waals surface area contributed by atoms with E-state index >= 15 is 0 Å². The molecule has 43 heavy (non-hydrogen) atoms. The molecule has 0 N–H and O–H groups in total. The summed E-state index contributed by atoms with van der Waals surface area (Å²) in [6.45, 7) is 17.6. The third-order valence-electron chi connectivity index (χ3n) is 6.11. The Bertz CT molecular complexity index is 1490. The van der Waals surface area contributed by atoms with E-state index in [9.17, 15) is 22.8 Å². The van der Waals surface area contributed by atoms with E-state index in [0.717, 1.165) is 10.5 Å². The van der Waals surface area contributed by atoms with Crippen molar-refractivity contribution in [3.05, 3.63) is 47.7 Å². The molecule has 2 amide bonds. The molecule has 1 aromatic heterocycles. The van der Waals surface area contributed by atoms with Crippen molar-refractivity contribution < 1.29 is 37.0 Å². The predicted octanol–water partition coefficient (Wildman–Crippen LogP) is 6.63. The first-order chi connectivity index (χ1) is 19.6. The highest BCUT2D eigenvalue weighted by Crippen LogP contribution is 2.46. The molecule has 13 heteroatoms. The monoisotopic (exact) mass is 681 g/mol. The molecular formula is C30H40BrN3O8S. The number of ether oxygens (including phenoxy) is 3. The lowest BCUT2D eigenvalue weighted by molar-refractivity contribution is -0.144. The Morgan fingerprint density at radius 1 is 0.907 bits per heavy atom. The molecule has 0 saturated carbocycles. The third-order valence-corrected chi connectivity index (χ3v) is 8.73. The summed E-state index contributed by atoms with van der Waals surface area (Å²) in [6, 6.07) is 7.70. The summed E-state index contributed by atoms with van der Waals surface area (Å²) in [6.07, 6.45) is -1.99. The summed E-state index contributed by atoms with van der Waals surface area (Å²) in [5.74, 6) is -1.00. The maximum Gasteiger partial charge on any atom is 0.430 e. The predicted molar refractivity (Wildman–Crippen MR) is 166 cm³/mol. The lowest BCUT2D eigenvalue weighted by Gasteiger charge is -2.28. The summed E-state index contributed by atoms with van der Waals surface area (Å²) in [5.41, 5.74) is -0.909. The van der Waals surface area contributed by atoms with Crippen LogP contribution >= 0.6 is 15.9 Å². The molecule has 1 aromatic carbocycles. The van der Waals surface area contributed by atoms with Gasteiger partial charge in [0.25, 0.3) is 10.0 Å². The highest BCUT2D eigenvalue weighted by Gasteiger charge is 2.49. The van der Waals surface area contributed by atoms with Crippen molar-refractivity contribution in [2.45, 2.75) is 102 Å². The van der Waals surface area contributed by atoms with E-state index in [0.29, 0.717) is 4.31 Å². The minimum absolute atomic E-state index is 0.0604. The number of alkyl halides is 1. The van der Waals surface area contributed by atoms with Crippen LogP contribution in [0, 0.1) is 0 Å². The molecule has 2 heterocycles. The quantitative estimate of drug-likeness (QED) is 0.194. The van der Waals surface area contributed by atoms with E-state index in [-0.39, 0.29) is 34.1 Å². The van der Waals surface area contributed by atoms with Gasteiger partial charge in [0.1, 0.15) is 11.2 Å². The topological polar surface area (TPSA) is 132 Å². The van der Waals surface area contributed by atoms with Crippen LogP contribution in [0.5, 0.6) is 0 Å². The first kappa shape index (κ1) is 34.3. The van der Waals surface area contributed by atoms with Gasteiger partial charge in [0.2, 0.25) is 0 Å². The van der Waals surface area contributed by atoms with Gasteiger partial charge in [-0.25, -0.2) is 27.8 Å². The summed E-state index contributed by atoms with van der Waals surface area (Å²) in [5, 5.41) is 0. The number of sulfonamides is 1. The van der Waals surface area contributed by atoms with Gasteiger partial charge in [0, 0.05) is 0 Å². The lowest BCUT2D eigenvalue weighted by Crippen LogP contribution is -2.46. The summed E-state index contributed by atoms with van der Waals surface area (Å²) in [7, 11) is -4.53. The molecule has 11 nitrogen and oxygen atoms in total. The Morgan fingerprint density at radius 2 is 1.47 bits per heavy atom. The van der Waals surface area contributed by atoms with Crippen LogP contribution in [0.4, 0.5) is 21.1 Å². The molecule has 1 aliphatic rings. The van der Waals surface area contributed by atoms with Crippen molar-refractivity contribution in [1.82, 2.24) is 4.98 Å². The van der Waals surface area contributed by atoms with Gasteiger partial charge < -0.3 is 14.2 Å². The molecule has 3 rings (SSSR count). The summed E-state index contributed by atoms with van der Waals surface area (Å²) < 4.78 is 44.8. The average molecular weight is 683 g/mol. The van der Waals surface area contributed by atoms with Crippen LogP contribution in [0.1, 0.15) is 85.3 Å². The number of fused-ring (bicyclic) bond motifs is 1. The van der Waals surface area contributed by atoms with Crippen molar-refractivity contribution >= 4 is 55.6 Å². The van der Waals surface area contributed by atoms with E-state index < -0.39 is 50.3 Å². The van der Waals surface area contributed by atoms with Gasteiger partial charge in [-0.2, -0.15) is 4.31 Å². The van der Waals surface area contributed by atoms with E-state index in [2.05, 4.69) is 20.9 Å². The largest absolute Gasteiger partial charge is 0.464 e. The fourth-order valence-corrected chi connectivity index (χ4v) is 6.29. The number of carbonyl (C=O) groups excluding carboxylic acids is 3. The van der Waals surface area contributed by atoms with Gasteiger partial charge in [-0.1, -0.05) is 48.8 Å². The molecule has 0 spiro atoms. The minimum atomic E-state index is -4.53. The van der Waals surface area contributed by atoms with Gasteiger partial charge in [-0.15, -0.1) is 0 Å². The smallest absolute Gasteiger partial charge is 0.430 e. The summed E-state index contributed by atoms with van der Waals surface area (Å²) >= 11 is 3.46. The molecule has 0 radical (unpaired) electrons. The van der Waals surface area contributed by atoms with E-state index in [1.165, 1.54) is 24.3 Å². The second-order valence-electron chi connectivity index (χ2n) is 13.0. The molecule has 2 atom stereocenters. The zero-order valence-electron chi connectivity index (χ0n) is 26.2. The highest BCUT2D eigenvalue weighted by atomic mass is 79.9. The van der Waals surface area contributed by atoms with Gasteiger partial charge in [-0.05, 0) is 83.7 Å². The molecule has 1 aliphatic heterocycles. The van der Waals surface area contributed by atoms with Crippen LogP contribution in [0.3, 0.4) is 0 Å². The Kier molecular flexibility index (Phi) is 9.63. The Hall–Kier alpha value is -3.19. The van der Waals surface area contributed by atoms with E-state index in [1.807, 2.05) is 20.8 Å². The van der Waals surface area contributed by atoms with E-state index in [1.54, 1.807) is 60.6 Å². The second-order valence-corrected chi connectivity index (χ2v) is 15.8. The Labute approximate surface area is 262 Å². The number of amides is 2. The highest BCUT2D eigenvalue weighted by molar-refractivity contribution is 9.09. The lowest BCUT2D eigenvalue weighted by atomic mass is 9.87. The van der Waals surface area contributed by atoms with Crippen LogP contribution in [0.2, 0.25) is 0 Å². The standard InChI is InChI=1S/C30H40BrN3O8S/c1-11-40-25(35)24-22(31)23-20(33(24)26(36)41-29(5,6)7)16-17-21(32-23)34(27(37)42-30(8,9)10)43(38,39)19-14-12-18(13-15-19)28(2,3)4/h12-17,22,24H,11H2,1-10H3. The number of esters is 1. The van der Waals surface area contributed by atoms with Gasteiger partial charge in [0.15, 0.2) is 11.9 Å². The molecule has 0 saturated heterocycles. The number of pyridine rings is 1. The van der Waals surface area contributed by atoms with Crippen LogP contribution in [-0.4, -0.2) is 55.4 Å². The van der Waals surface area contributed by atoms with E-state index in [4.69, 9.17) is 14.2 Å². The Morgan fingerprint density at radius 3 is 1.95 bits per heavy atom. The normalized spacial score (nSPS) is 17.2. The maximum atomic E-state index is 14.0. The zero-order chi connectivity index (χ0) is 32.7. The molecule has 0 fully saturated rings. The van der Waals surface area contributed by atoms with Crippen molar-refractivity contribution in [2.75, 3.05) is 15.8 Å². The average Bonchev–Trinajstić information content (AvgIpc) is 3.13. The number of nitrogens with zero attached hydrogens (tertiary/aromatic N) is 3. The first-order valence-electron chi connectivity index (χ1n) is 13.8. The first-order valence-corrected chi connectivity index (χ1v) is 16.2.